The molecule has 2 nitrogen and oxygen atoms in total. The number of anilines is 2. The highest BCUT2D eigenvalue weighted by atomic mass is 79.9. The lowest BCUT2D eigenvalue weighted by Crippen LogP contribution is -2.02. The molecule has 0 saturated carbocycles. The summed E-state index contributed by atoms with van der Waals surface area (Å²) in [4.78, 5) is 2.46. The third kappa shape index (κ3) is 2.98. The van der Waals surface area contributed by atoms with E-state index >= 15 is 0 Å². The first-order chi connectivity index (χ1) is 8.06. The van der Waals surface area contributed by atoms with Crippen LogP contribution >= 0.6 is 27.3 Å². The third-order valence-corrected chi connectivity index (χ3v) is 3.95. The molecule has 5 heteroatoms. The number of nitrogens with two attached hydrogens (primary N) is 1. The summed E-state index contributed by atoms with van der Waals surface area (Å²) in [6.45, 7) is 2.71. The Hall–Kier alpha value is -1.07. The minimum absolute atomic E-state index is 0.316. The molecule has 0 spiro atoms. The fourth-order valence-corrected chi connectivity index (χ4v) is 2.67. The summed E-state index contributed by atoms with van der Waals surface area (Å²) in [5, 5.41) is 3.14. The Balaban J connectivity index is 2.11. The number of hydrogen-bond donors (Lipinski definition) is 2. The second-order valence-corrected chi connectivity index (χ2v) is 5.95. The number of thiophene rings is 1. The van der Waals surface area contributed by atoms with E-state index in [0.717, 1.165) is 0 Å². The van der Waals surface area contributed by atoms with Crippen LogP contribution in [0.3, 0.4) is 0 Å². The molecular formula is C12H12BrFN2S. The summed E-state index contributed by atoms with van der Waals surface area (Å²) < 4.78 is 13.7. The Morgan fingerprint density at radius 2 is 2.18 bits per heavy atom. The number of nitrogen functional groups attached to an aromatic ring is 1. The first-order valence-corrected chi connectivity index (χ1v) is 6.71. The lowest BCUT2D eigenvalue weighted by molar-refractivity contribution is 0.622. The number of hydrogen-bond acceptors (Lipinski definition) is 3. The summed E-state index contributed by atoms with van der Waals surface area (Å²) >= 11 is 4.81. The molecule has 0 bridgehead atoms. The van der Waals surface area contributed by atoms with Gasteiger partial charge in [0.05, 0.1) is 15.8 Å². The largest absolute Gasteiger partial charge is 0.397 e. The SMILES string of the molecule is Cc1ccc(CNc2cc(F)c(Br)cc2N)s1. The van der Waals surface area contributed by atoms with Crippen molar-refractivity contribution in [1.29, 1.82) is 0 Å². The average Bonchev–Trinajstić information content (AvgIpc) is 2.68. The molecule has 0 aliphatic carbocycles. The molecule has 2 rings (SSSR count). The van der Waals surface area contributed by atoms with Crippen LogP contribution in [0, 0.1) is 12.7 Å². The van der Waals surface area contributed by atoms with Crippen LogP contribution < -0.4 is 11.1 Å². The van der Waals surface area contributed by atoms with Crippen LogP contribution in [-0.4, -0.2) is 0 Å². The molecule has 90 valence electrons. The van der Waals surface area contributed by atoms with Crippen molar-refractivity contribution >= 4 is 38.6 Å². The smallest absolute Gasteiger partial charge is 0.139 e. The molecule has 0 unspecified atom stereocenters. The fraction of sp³-hybridized carbons (Fsp3) is 0.167. The molecule has 0 saturated heterocycles. The molecule has 0 amide bonds. The minimum atomic E-state index is -0.316. The molecule has 0 fully saturated rings. The van der Waals surface area contributed by atoms with Gasteiger partial charge in [0, 0.05) is 22.4 Å². The van der Waals surface area contributed by atoms with E-state index in [1.807, 2.05) is 0 Å². The van der Waals surface area contributed by atoms with Gasteiger partial charge in [0.2, 0.25) is 0 Å². The summed E-state index contributed by atoms with van der Waals surface area (Å²) in [6, 6.07) is 7.09. The van der Waals surface area contributed by atoms with Gasteiger partial charge in [-0.2, -0.15) is 0 Å². The molecule has 0 aliphatic rings. The highest BCUT2D eigenvalue weighted by molar-refractivity contribution is 9.10. The predicted molar refractivity (Wildman–Crippen MR) is 74.9 cm³/mol. The van der Waals surface area contributed by atoms with Gasteiger partial charge in [-0.3, -0.25) is 0 Å². The van der Waals surface area contributed by atoms with E-state index in [9.17, 15) is 4.39 Å². The van der Waals surface area contributed by atoms with E-state index in [4.69, 9.17) is 5.73 Å². The maximum absolute atomic E-state index is 13.3. The third-order valence-electron chi connectivity index (χ3n) is 2.34. The number of rotatable bonds is 3. The van der Waals surface area contributed by atoms with Gasteiger partial charge in [0.25, 0.3) is 0 Å². The number of aryl methyl sites for hydroxylation is 1. The zero-order chi connectivity index (χ0) is 12.4. The van der Waals surface area contributed by atoms with E-state index in [2.05, 4.69) is 40.3 Å². The maximum Gasteiger partial charge on any atom is 0.139 e. The molecule has 1 aromatic carbocycles. The predicted octanol–water partition coefficient (Wildman–Crippen LogP) is 4.15. The Labute approximate surface area is 112 Å². The molecule has 0 aliphatic heterocycles. The van der Waals surface area contributed by atoms with Gasteiger partial charge < -0.3 is 11.1 Å². The summed E-state index contributed by atoms with van der Waals surface area (Å²) in [6.07, 6.45) is 0. The topological polar surface area (TPSA) is 38.0 Å². The lowest BCUT2D eigenvalue weighted by Gasteiger charge is -2.09. The van der Waals surface area contributed by atoms with E-state index in [1.54, 1.807) is 17.4 Å². The first kappa shape index (κ1) is 12.4. The van der Waals surface area contributed by atoms with E-state index in [1.165, 1.54) is 15.8 Å². The van der Waals surface area contributed by atoms with E-state index < -0.39 is 0 Å². The Morgan fingerprint density at radius 1 is 1.41 bits per heavy atom. The highest BCUT2D eigenvalue weighted by Gasteiger charge is 2.06. The second kappa shape index (κ2) is 5.06. The van der Waals surface area contributed by atoms with Crippen LogP contribution in [0.4, 0.5) is 15.8 Å². The zero-order valence-corrected chi connectivity index (χ0v) is 11.7. The van der Waals surface area contributed by atoms with Crippen LogP contribution in [0.25, 0.3) is 0 Å². The van der Waals surface area contributed by atoms with Gasteiger partial charge in [-0.15, -0.1) is 11.3 Å². The van der Waals surface area contributed by atoms with Gasteiger partial charge in [-0.05, 0) is 41.1 Å². The lowest BCUT2D eigenvalue weighted by atomic mass is 10.2. The molecule has 2 aromatic rings. The van der Waals surface area contributed by atoms with E-state index in [0.29, 0.717) is 22.4 Å². The van der Waals surface area contributed by atoms with Crippen molar-refractivity contribution in [1.82, 2.24) is 0 Å². The highest BCUT2D eigenvalue weighted by Crippen LogP contribution is 2.27. The summed E-state index contributed by atoms with van der Waals surface area (Å²) in [7, 11) is 0. The second-order valence-electron chi connectivity index (χ2n) is 3.72. The monoisotopic (exact) mass is 314 g/mol. The standard InChI is InChI=1S/C12H12BrFN2S/c1-7-2-3-8(17-7)6-16-12-5-10(14)9(13)4-11(12)15/h2-5,16H,6,15H2,1H3. The van der Waals surface area contributed by atoms with Crippen LogP contribution in [0.1, 0.15) is 9.75 Å². The van der Waals surface area contributed by atoms with Crippen molar-refractivity contribution in [2.24, 2.45) is 0 Å². The van der Waals surface area contributed by atoms with Crippen molar-refractivity contribution in [3.8, 4) is 0 Å². The van der Waals surface area contributed by atoms with E-state index in [-0.39, 0.29) is 5.82 Å². The van der Waals surface area contributed by atoms with Crippen molar-refractivity contribution in [3.63, 3.8) is 0 Å². The Morgan fingerprint density at radius 3 is 2.82 bits per heavy atom. The average molecular weight is 315 g/mol. The molecule has 1 heterocycles. The van der Waals surface area contributed by atoms with Gasteiger partial charge >= 0.3 is 0 Å². The van der Waals surface area contributed by atoms with Crippen molar-refractivity contribution in [2.45, 2.75) is 13.5 Å². The summed E-state index contributed by atoms with van der Waals surface area (Å²) in [5.41, 5.74) is 6.96. The van der Waals surface area contributed by atoms with Gasteiger partial charge in [0.1, 0.15) is 5.82 Å². The molecule has 0 atom stereocenters. The van der Waals surface area contributed by atoms with Crippen LogP contribution in [0.15, 0.2) is 28.7 Å². The number of benzene rings is 1. The Kier molecular flexibility index (Phi) is 3.69. The molecule has 3 N–H and O–H groups in total. The Bertz CT molecular complexity index is 539. The normalized spacial score (nSPS) is 10.5. The quantitative estimate of drug-likeness (QED) is 0.835. The van der Waals surface area contributed by atoms with Crippen LogP contribution in [-0.2, 0) is 6.54 Å². The molecule has 17 heavy (non-hydrogen) atoms. The van der Waals surface area contributed by atoms with Gasteiger partial charge in [0.15, 0.2) is 0 Å². The number of halogens is 2. The van der Waals surface area contributed by atoms with Crippen molar-refractivity contribution < 1.29 is 4.39 Å². The molecule has 1 aromatic heterocycles. The molecule has 0 radical (unpaired) electrons. The van der Waals surface area contributed by atoms with Crippen LogP contribution in [0.5, 0.6) is 0 Å². The van der Waals surface area contributed by atoms with Crippen LogP contribution in [0.2, 0.25) is 0 Å². The fourth-order valence-electron chi connectivity index (χ4n) is 1.48. The minimum Gasteiger partial charge on any atom is -0.397 e. The van der Waals surface area contributed by atoms with Crippen molar-refractivity contribution in [2.75, 3.05) is 11.1 Å². The maximum atomic E-state index is 13.3. The number of nitrogens with one attached hydrogen (secondary N) is 1. The van der Waals surface area contributed by atoms with Crippen molar-refractivity contribution in [3.05, 3.63) is 44.3 Å². The summed E-state index contributed by atoms with van der Waals surface area (Å²) in [5.74, 6) is -0.316. The van der Waals surface area contributed by atoms with Gasteiger partial charge in [-0.25, -0.2) is 4.39 Å². The molecular weight excluding hydrogens is 303 g/mol. The zero-order valence-electron chi connectivity index (χ0n) is 9.26. The van der Waals surface area contributed by atoms with Gasteiger partial charge in [-0.1, -0.05) is 0 Å². The first-order valence-electron chi connectivity index (χ1n) is 5.10.